The minimum absolute atomic E-state index is 1.25. The number of alkyl halides is 5. The van der Waals surface area contributed by atoms with Crippen LogP contribution in [0, 0.1) is 0 Å². The zero-order valence-corrected chi connectivity index (χ0v) is 4.58. The van der Waals surface area contributed by atoms with Crippen LogP contribution < -0.4 is 0 Å². The number of hydrogen-bond acceptors (Lipinski definition) is 1. The van der Waals surface area contributed by atoms with Crippen molar-refractivity contribution < 1.29 is 26.7 Å². The van der Waals surface area contributed by atoms with Gasteiger partial charge in [-0.25, -0.2) is 0 Å². The van der Waals surface area contributed by atoms with E-state index in [-0.39, 0.29) is 0 Å². The zero-order chi connectivity index (χ0) is 7.99. The lowest BCUT2D eigenvalue weighted by Gasteiger charge is -2.35. The molecule has 60 valence electrons. The van der Waals surface area contributed by atoms with E-state index in [4.69, 9.17) is 0 Å². The minimum atomic E-state index is -4.65. The molecular formula is C4H3F5O. The summed E-state index contributed by atoms with van der Waals surface area (Å²) < 4.78 is 60.6. The van der Waals surface area contributed by atoms with Crippen LogP contribution in [-0.4, -0.2) is 18.4 Å². The van der Waals surface area contributed by atoms with E-state index in [2.05, 4.69) is 4.74 Å². The maximum atomic E-state index is 11.6. The highest BCUT2D eigenvalue weighted by Gasteiger charge is 2.59. The van der Waals surface area contributed by atoms with Gasteiger partial charge in [-0.15, -0.1) is 0 Å². The van der Waals surface area contributed by atoms with Gasteiger partial charge in [-0.3, -0.25) is 0 Å². The third kappa shape index (κ3) is 1.36. The lowest BCUT2D eigenvalue weighted by Crippen LogP contribution is -2.51. The van der Waals surface area contributed by atoms with Crippen LogP contribution in [-0.2, 0) is 4.74 Å². The number of rotatable bonds is 0. The van der Waals surface area contributed by atoms with Crippen LogP contribution in [0.5, 0.6) is 0 Å². The second kappa shape index (κ2) is 1.81. The van der Waals surface area contributed by atoms with Gasteiger partial charge >= 0.3 is 12.3 Å². The van der Waals surface area contributed by atoms with Crippen molar-refractivity contribution in [3.8, 4) is 0 Å². The van der Waals surface area contributed by atoms with Gasteiger partial charge in [0, 0.05) is 0 Å². The second-order valence-corrected chi connectivity index (χ2v) is 1.99. The first-order valence-corrected chi connectivity index (χ1v) is 2.44. The molecule has 1 saturated heterocycles. The largest absolute Gasteiger partial charge is 0.415 e. The molecule has 1 aliphatic rings. The van der Waals surface area contributed by atoms with E-state index in [1.807, 2.05) is 0 Å². The molecule has 0 spiro atoms. The third-order valence-corrected chi connectivity index (χ3v) is 1.10. The highest BCUT2D eigenvalue weighted by Crippen LogP contribution is 2.43. The number of ether oxygens (including phenoxy) is 1. The molecule has 0 radical (unpaired) electrons. The molecule has 1 fully saturated rings. The standard InChI is InChI=1S/C4H3F5O/c5-3(6)1-2(10-3)4(7,8)9/h2H,1H2. The summed E-state index contributed by atoms with van der Waals surface area (Å²) in [5.41, 5.74) is 0. The monoisotopic (exact) mass is 162 g/mol. The molecule has 1 heterocycles. The Hall–Kier alpha value is -0.390. The molecule has 6 heteroatoms. The van der Waals surface area contributed by atoms with E-state index in [0.29, 0.717) is 0 Å². The van der Waals surface area contributed by atoms with Crippen molar-refractivity contribution in [2.45, 2.75) is 24.8 Å². The predicted octanol–water partition coefficient (Wildman–Crippen LogP) is 1.93. The Balaban J connectivity index is 2.40. The van der Waals surface area contributed by atoms with Crippen molar-refractivity contribution in [1.29, 1.82) is 0 Å². The molecule has 0 amide bonds. The van der Waals surface area contributed by atoms with Gasteiger partial charge in [0.2, 0.25) is 0 Å². The van der Waals surface area contributed by atoms with Gasteiger partial charge in [0.1, 0.15) is 0 Å². The first-order chi connectivity index (χ1) is 4.31. The maximum Gasteiger partial charge on any atom is 0.415 e. The van der Waals surface area contributed by atoms with Gasteiger partial charge in [-0.05, 0) is 0 Å². The minimum Gasteiger partial charge on any atom is -0.307 e. The highest BCUT2D eigenvalue weighted by atomic mass is 19.4. The Morgan fingerprint density at radius 1 is 1.30 bits per heavy atom. The summed E-state index contributed by atoms with van der Waals surface area (Å²) in [4.78, 5) is 0. The van der Waals surface area contributed by atoms with E-state index in [1.54, 1.807) is 0 Å². The van der Waals surface area contributed by atoms with Crippen molar-refractivity contribution in [2.24, 2.45) is 0 Å². The number of halogens is 5. The average molecular weight is 162 g/mol. The van der Waals surface area contributed by atoms with Gasteiger partial charge in [0.25, 0.3) is 0 Å². The van der Waals surface area contributed by atoms with Crippen LogP contribution in [0.1, 0.15) is 6.42 Å². The van der Waals surface area contributed by atoms with Crippen molar-refractivity contribution in [3.05, 3.63) is 0 Å². The van der Waals surface area contributed by atoms with Gasteiger partial charge in [0.05, 0.1) is 6.42 Å². The van der Waals surface area contributed by atoms with Crippen LogP contribution in [0.25, 0.3) is 0 Å². The van der Waals surface area contributed by atoms with Crippen LogP contribution >= 0.6 is 0 Å². The van der Waals surface area contributed by atoms with E-state index in [0.717, 1.165) is 0 Å². The van der Waals surface area contributed by atoms with Crippen molar-refractivity contribution in [1.82, 2.24) is 0 Å². The second-order valence-electron chi connectivity index (χ2n) is 1.99. The summed E-state index contributed by atoms with van der Waals surface area (Å²) in [6.07, 6.45) is -11.7. The summed E-state index contributed by atoms with van der Waals surface area (Å²) in [5.74, 6) is 0. The smallest absolute Gasteiger partial charge is 0.307 e. The van der Waals surface area contributed by atoms with E-state index < -0.39 is 24.8 Å². The molecule has 0 aliphatic carbocycles. The lowest BCUT2D eigenvalue weighted by atomic mass is 10.1. The molecule has 0 N–H and O–H groups in total. The zero-order valence-electron chi connectivity index (χ0n) is 4.58. The summed E-state index contributed by atoms with van der Waals surface area (Å²) in [6, 6.07) is 0. The fourth-order valence-electron chi connectivity index (χ4n) is 0.597. The van der Waals surface area contributed by atoms with Crippen molar-refractivity contribution in [3.63, 3.8) is 0 Å². The quantitative estimate of drug-likeness (QED) is 0.494. The highest BCUT2D eigenvalue weighted by molar-refractivity contribution is 4.81. The molecule has 0 aromatic carbocycles. The van der Waals surface area contributed by atoms with E-state index >= 15 is 0 Å². The summed E-state index contributed by atoms with van der Waals surface area (Å²) in [7, 11) is 0. The molecule has 0 aromatic rings. The molecule has 10 heavy (non-hydrogen) atoms. The summed E-state index contributed by atoms with van der Waals surface area (Å²) in [5, 5.41) is 0. The topological polar surface area (TPSA) is 9.23 Å². The van der Waals surface area contributed by atoms with Gasteiger partial charge in [-0.1, -0.05) is 0 Å². The Labute approximate surface area is 52.8 Å². The van der Waals surface area contributed by atoms with Crippen LogP contribution in [0.15, 0.2) is 0 Å². The third-order valence-electron chi connectivity index (χ3n) is 1.10. The van der Waals surface area contributed by atoms with Gasteiger partial charge in [0.15, 0.2) is 6.10 Å². The molecule has 1 atom stereocenters. The normalized spacial score (nSPS) is 31.5. The Morgan fingerprint density at radius 2 is 1.70 bits per heavy atom. The SMILES string of the molecule is FC1(F)CC(C(F)(F)F)O1. The van der Waals surface area contributed by atoms with Crippen molar-refractivity contribution in [2.75, 3.05) is 0 Å². The molecule has 1 nitrogen and oxygen atoms in total. The number of hydrogen-bond donors (Lipinski definition) is 0. The van der Waals surface area contributed by atoms with Crippen LogP contribution in [0.3, 0.4) is 0 Å². The first kappa shape index (κ1) is 7.71. The van der Waals surface area contributed by atoms with E-state index in [1.165, 1.54) is 0 Å². The molecule has 0 bridgehead atoms. The lowest BCUT2D eigenvalue weighted by molar-refractivity contribution is -0.408. The van der Waals surface area contributed by atoms with E-state index in [9.17, 15) is 22.0 Å². The molecular weight excluding hydrogens is 159 g/mol. The Bertz CT molecular complexity index is 131. The van der Waals surface area contributed by atoms with Crippen molar-refractivity contribution >= 4 is 0 Å². The van der Waals surface area contributed by atoms with Gasteiger partial charge < -0.3 is 4.74 Å². The fraction of sp³-hybridized carbons (Fsp3) is 1.00. The molecule has 1 aliphatic heterocycles. The average Bonchev–Trinajstić information content (AvgIpc) is 1.56. The molecule has 0 aromatic heterocycles. The Morgan fingerprint density at radius 3 is 1.80 bits per heavy atom. The van der Waals surface area contributed by atoms with Crippen LogP contribution in [0.4, 0.5) is 22.0 Å². The molecule has 0 saturated carbocycles. The molecule has 1 unspecified atom stereocenters. The van der Waals surface area contributed by atoms with Crippen LogP contribution in [0.2, 0.25) is 0 Å². The summed E-state index contributed by atoms with van der Waals surface area (Å²) in [6.45, 7) is 0. The predicted molar refractivity (Wildman–Crippen MR) is 20.5 cm³/mol. The Kier molecular flexibility index (Phi) is 1.39. The molecule has 1 rings (SSSR count). The maximum absolute atomic E-state index is 11.6. The van der Waals surface area contributed by atoms with Gasteiger partial charge in [-0.2, -0.15) is 22.0 Å². The fourth-order valence-corrected chi connectivity index (χ4v) is 0.597. The first-order valence-electron chi connectivity index (χ1n) is 2.44. The summed E-state index contributed by atoms with van der Waals surface area (Å²) >= 11 is 0.